The zero-order valence-corrected chi connectivity index (χ0v) is 16.1. The minimum atomic E-state index is -0.508. The molecule has 1 heterocycles. The van der Waals surface area contributed by atoms with Crippen molar-refractivity contribution in [1.29, 1.82) is 0 Å². The molecule has 0 N–H and O–H groups in total. The van der Waals surface area contributed by atoms with Crippen molar-refractivity contribution in [1.82, 2.24) is 0 Å². The summed E-state index contributed by atoms with van der Waals surface area (Å²) in [4.78, 5) is 0. The Bertz CT molecular complexity index is 719. The summed E-state index contributed by atoms with van der Waals surface area (Å²) >= 11 is 0. The molecular formula is C22H27FO4. The van der Waals surface area contributed by atoms with Gasteiger partial charge in [0, 0.05) is 12.7 Å². The van der Waals surface area contributed by atoms with E-state index in [0.717, 1.165) is 12.0 Å². The molecule has 0 amide bonds. The molecule has 5 heteroatoms. The molecule has 2 aromatic rings. The second kappa shape index (κ2) is 9.42. The third-order valence-corrected chi connectivity index (χ3v) is 4.85. The Kier molecular flexibility index (Phi) is 6.96. The first-order valence-corrected chi connectivity index (χ1v) is 9.32. The zero-order chi connectivity index (χ0) is 19.2. The van der Waals surface area contributed by atoms with E-state index in [1.54, 1.807) is 25.3 Å². The number of methoxy groups -OCH3 is 1. The van der Waals surface area contributed by atoms with Crippen molar-refractivity contribution in [3.05, 3.63) is 71.0 Å². The minimum absolute atomic E-state index is 0.162. The van der Waals surface area contributed by atoms with Gasteiger partial charge in [-0.25, -0.2) is 4.39 Å². The quantitative estimate of drug-likeness (QED) is 0.687. The molecule has 0 spiro atoms. The summed E-state index contributed by atoms with van der Waals surface area (Å²) in [7, 11) is 1.60. The third kappa shape index (κ3) is 4.93. The van der Waals surface area contributed by atoms with Crippen molar-refractivity contribution in [3.8, 4) is 0 Å². The lowest BCUT2D eigenvalue weighted by Gasteiger charge is -2.24. The molecule has 1 saturated heterocycles. The molecule has 4 nitrogen and oxygen atoms in total. The van der Waals surface area contributed by atoms with Crippen LogP contribution in [0.5, 0.6) is 0 Å². The Morgan fingerprint density at radius 3 is 2.33 bits per heavy atom. The molecule has 0 aliphatic carbocycles. The summed E-state index contributed by atoms with van der Waals surface area (Å²) < 4.78 is 37.5. The monoisotopic (exact) mass is 374 g/mol. The first-order valence-electron chi connectivity index (χ1n) is 9.32. The summed E-state index contributed by atoms with van der Waals surface area (Å²) in [5.41, 5.74) is 2.80. The Hall–Kier alpha value is -1.79. The molecule has 2 aromatic carbocycles. The van der Waals surface area contributed by atoms with Gasteiger partial charge < -0.3 is 18.9 Å². The fourth-order valence-corrected chi connectivity index (χ4v) is 3.27. The van der Waals surface area contributed by atoms with Gasteiger partial charge in [-0.2, -0.15) is 0 Å². The van der Waals surface area contributed by atoms with Crippen LogP contribution in [0.2, 0.25) is 0 Å². The first-order chi connectivity index (χ1) is 13.1. The minimum Gasteiger partial charge on any atom is -0.368 e. The van der Waals surface area contributed by atoms with Crippen molar-refractivity contribution >= 4 is 0 Å². The van der Waals surface area contributed by atoms with Gasteiger partial charge in [0.25, 0.3) is 0 Å². The van der Waals surface area contributed by atoms with Crippen molar-refractivity contribution in [2.24, 2.45) is 0 Å². The van der Waals surface area contributed by atoms with Crippen LogP contribution in [0.4, 0.5) is 4.39 Å². The molecule has 0 radical (unpaired) electrons. The Morgan fingerprint density at radius 2 is 1.67 bits per heavy atom. The molecule has 1 aliphatic rings. The Balaban J connectivity index is 1.69. The van der Waals surface area contributed by atoms with Gasteiger partial charge in [-0.1, -0.05) is 55.0 Å². The van der Waals surface area contributed by atoms with Crippen molar-refractivity contribution < 1.29 is 23.3 Å². The largest absolute Gasteiger partial charge is 0.368 e. The van der Waals surface area contributed by atoms with Gasteiger partial charge in [-0.15, -0.1) is 0 Å². The summed E-state index contributed by atoms with van der Waals surface area (Å²) in [5, 5.41) is 0. The van der Waals surface area contributed by atoms with Crippen LogP contribution in [-0.2, 0) is 32.2 Å². The van der Waals surface area contributed by atoms with Crippen molar-refractivity contribution in [2.45, 2.75) is 58.1 Å². The van der Waals surface area contributed by atoms with Crippen LogP contribution < -0.4 is 0 Å². The van der Waals surface area contributed by atoms with Gasteiger partial charge >= 0.3 is 0 Å². The second-order valence-corrected chi connectivity index (χ2v) is 6.82. The smallest absolute Gasteiger partial charge is 0.186 e. The van der Waals surface area contributed by atoms with Crippen LogP contribution in [0, 0.1) is 12.7 Å². The number of hydrogen-bond acceptors (Lipinski definition) is 4. The van der Waals surface area contributed by atoms with Gasteiger partial charge in [0.2, 0.25) is 0 Å². The average molecular weight is 374 g/mol. The standard InChI is InChI=1S/C22H27FO4/c1-4-19-20(26-14-17-7-5-6-8-18(17)23)21(22(24-3)27-19)25-13-16-11-9-15(2)10-12-16/h5-12,19-22H,4,13-14H2,1-3H3/t19-,20+,21-,22+/m1/s1. The maximum absolute atomic E-state index is 13.9. The second-order valence-electron chi connectivity index (χ2n) is 6.82. The highest BCUT2D eigenvalue weighted by Crippen LogP contribution is 2.30. The molecule has 0 saturated carbocycles. The van der Waals surface area contributed by atoms with Crippen LogP contribution in [0.3, 0.4) is 0 Å². The van der Waals surface area contributed by atoms with E-state index in [4.69, 9.17) is 18.9 Å². The fraction of sp³-hybridized carbons (Fsp3) is 0.455. The average Bonchev–Trinajstić information content (AvgIpc) is 3.03. The van der Waals surface area contributed by atoms with Gasteiger partial charge in [0.15, 0.2) is 6.29 Å². The fourth-order valence-electron chi connectivity index (χ4n) is 3.27. The summed E-state index contributed by atoms with van der Waals surface area (Å²) in [6.45, 7) is 4.68. The van der Waals surface area contributed by atoms with Crippen LogP contribution in [0.1, 0.15) is 30.0 Å². The van der Waals surface area contributed by atoms with E-state index in [0.29, 0.717) is 12.2 Å². The number of halogens is 1. The summed E-state index contributed by atoms with van der Waals surface area (Å²) in [5.74, 6) is -0.273. The zero-order valence-electron chi connectivity index (χ0n) is 16.1. The molecule has 1 aliphatic heterocycles. The predicted molar refractivity (Wildman–Crippen MR) is 101 cm³/mol. The molecule has 0 bridgehead atoms. The van der Waals surface area contributed by atoms with Crippen LogP contribution in [0.25, 0.3) is 0 Å². The van der Waals surface area contributed by atoms with Crippen molar-refractivity contribution in [2.75, 3.05) is 7.11 Å². The van der Waals surface area contributed by atoms with E-state index in [2.05, 4.69) is 19.1 Å². The molecule has 0 unspecified atom stereocenters. The van der Waals surface area contributed by atoms with E-state index in [9.17, 15) is 4.39 Å². The summed E-state index contributed by atoms with van der Waals surface area (Å²) in [6.07, 6.45) is -0.625. The topological polar surface area (TPSA) is 36.9 Å². The Labute approximate surface area is 160 Å². The van der Waals surface area contributed by atoms with Crippen molar-refractivity contribution in [3.63, 3.8) is 0 Å². The van der Waals surface area contributed by atoms with E-state index < -0.39 is 6.29 Å². The maximum Gasteiger partial charge on any atom is 0.186 e. The molecule has 1 fully saturated rings. The van der Waals surface area contributed by atoms with Crippen LogP contribution in [-0.4, -0.2) is 31.7 Å². The molecule has 0 aromatic heterocycles. The van der Waals surface area contributed by atoms with E-state index in [1.807, 2.05) is 19.1 Å². The van der Waals surface area contributed by atoms with Gasteiger partial charge in [0.05, 0.1) is 19.3 Å². The lowest BCUT2D eigenvalue weighted by atomic mass is 10.1. The highest BCUT2D eigenvalue weighted by molar-refractivity contribution is 5.20. The van der Waals surface area contributed by atoms with E-state index in [1.165, 1.54) is 11.6 Å². The predicted octanol–water partition coefficient (Wildman–Crippen LogP) is 4.39. The third-order valence-electron chi connectivity index (χ3n) is 4.85. The number of hydrogen-bond donors (Lipinski definition) is 0. The lowest BCUT2D eigenvalue weighted by Crippen LogP contribution is -2.38. The number of benzene rings is 2. The van der Waals surface area contributed by atoms with Gasteiger partial charge in [-0.05, 0) is 25.0 Å². The lowest BCUT2D eigenvalue weighted by molar-refractivity contribution is -0.166. The molecule has 146 valence electrons. The summed E-state index contributed by atoms with van der Waals surface area (Å²) in [6, 6.07) is 14.8. The Morgan fingerprint density at radius 1 is 0.963 bits per heavy atom. The molecule has 27 heavy (non-hydrogen) atoms. The van der Waals surface area contributed by atoms with E-state index >= 15 is 0 Å². The molecule has 4 atom stereocenters. The number of aryl methyl sites for hydroxylation is 1. The van der Waals surface area contributed by atoms with Crippen LogP contribution in [0.15, 0.2) is 48.5 Å². The maximum atomic E-state index is 13.9. The SMILES string of the molecule is CC[C@H]1O[C@H](OC)[C@H](OCc2ccc(C)cc2)[C@H]1OCc1ccccc1F. The molecular weight excluding hydrogens is 347 g/mol. The molecule has 3 rings (SSSR count). The number of ether oxygens (including phenoxy) is 4. The van der Waals surface area contributed by atoms with Gasteiger partial charge in [-0.3, -0.25) is 0 Å². The van der Waals surface area contributed by atoms with Crippen LogP contribution >= 0.6 is 0 Å². The normalized spacial score (nSPS) is 25.0. The number of rotatable bonds is 8. The van der Waals surface area contributed by atoms with E-state index in [-0.39, 0.29) is 30.7 Å². The van der Waals surface area contributed by atoms with Gasteiger partial charge in [0.1, 0.15) is 18.0 Å². The highest BCUT2D eigenvalue weighted by atomic mass is 19.1. The highest BCUT2D eigenvalue weighted by Gasteiger charge is 2.45. The first kappa shape index (κ1) is 20.0.